The maximum atomic E-state index is 11.9. The molecule has 0 bridgehead atoms. The normalized spacial score (nSPS) is 12.6. The van der Waals surface area contributed by atoms with Crippen molar-refractivity contribution in [2.24, 2.45) is 5.10 Å². The SMILES string of the molecule is CC(C)(C)c1cc(C=NNC(=O)c2cccs2)cc(C(C)(C)C)c1O. The zero-order valence-electron chi connectivity index (χ0n) is 15.7. The molecular weight excluding hydrogens is 332 g/mol. The molecule has 0 radical (unpaired) electrons. The zero-order valence-corrected chi connectivity index (χ0v) is 16.5. The predicted octanol–water partition coefficient (Wildman–Crippen LogP) is 4.81. The molecule has 4 nitrogen and oxygen atoms in total. The number of carbonyl (C=O) groups excluding carboxylic acids is 1. The molecule has 134 valence electrons. The van der Waals surface area contributed by atoms with Crippen molar-refractivity contribution in [2.45, 2.75) is 52.4 Å². The Kier molecular flexibility index (Phi) is 5.37. The van der Waals surface area contributed by atoms with E-state index in [9.17, 15) is 9.90 Å². The van der Waals surface area contributed by atoms with E-state index in [1.165, 1.54) is 11.3 Å². The summed E-state index contributed by atoms with van der Waals surface area (Å²) >= 11 is 1.37. The molecule has 0 saturated heterocycles. The maximum Gasteiger partial charge on any atom is 0.281 e. The topological polar surface area (TPSA) is 61.7 Å². The number of carbonyl (C=O) groups is 1. The van der Waals surface area contributed by atoms with Gasteiger partial charge in [0.05, 0.1) is 11.1 Å². The van der Waals surface area contributed by atoms with E-state index in [-0.39, 0.29) is 16.7 Å². The minimum Gasteiger partial charge on any atom is -0.507 e. The van der Waals surface area contributed by atoms with E-state index in [1.807, 2.05) is 23.6 Å². The summed E-state index contributed by atoms with van der Waals surface area (Å²) < 4.78 is 0. The van der Waals surface area contributed by atoms with Crippen LogP contribution in [0, 0.1) is 0 Å². The van der Waals surface area contributed by atoms with Gasteiger partial charge in [-0.1, -0.05) is 47.6 Å². The number of hydrogen-bond acceptors (Lipinski definition) is 4. The average molecular weight is 359 g/mol. The van der Waals surface area contributed by atoms with Crippen molar-refractivity contribution >= 4 is 23.5 Å². The van der Waals surface area contributed by atoms with Gasteiger partial charge in [0, 0.05) is 11.1 Å². The molecule has 2 rings (SSSR count). The van der Waals surface area contributed by atoms with Crippen molar-refractivity contribution in [2.75, 3.05) is 0 Å². The summed E-state index contributed by atoms with van der Waals surface area (Å²) in [5.74, 6) is 0.108. The zero-order chi connectivity index (χ0) is 18.8. The van der Waals surface area contributed by atoms with Gasteiger partial charge in [-0.3, -0.25) is 4.79 Å². The summed E-state index contributed by atoms with van der Waals surface area (Å²) in [6.07, 6.45) is 1.62. The van der Waals surface area contributed by atoms with Crippen molar-refractivity contribution in [1.82, 2.24) is 5.43 Å². The Morgan fingerprint density at radius 2 is 1.68 bits per heavy atom. The Hall–Kier alpha value is -2.14. The number of aromatic hydroxyl groups is 1. The third-order valence-corrected chi connectivity index (χ3v) is 4.74. The first-order chi connectivity index (χ1) is 11.5. The van der Waals surface area contributed by atoms with Gasteiger partial charge in [-0.05, 0) is 40.0 Å². The van der Waals surface area contributed by atoms with Crippen molar-refractivity contribution in [3.05, 3.63) is 51.2 Å². The molecule has 25 heavy (non-hydrogen) atoms. The van der Waals surface area contributed by atoms with Crippen molar-refractivity contribution in [3.63, 3.8) is 0 Å². The van der Waals surface area contributed by atoms with Gasteiger partial charge in [0.1, 0.15) is 5.75 Å². The van der Waals surface area contributed by atoms with Crippen LogP contribution >= 0.6 is 11.3 Å². The van der Waals surface area contributed by atoms with Gasteiger partial charge >= 0.3 is 0 Å². The molecule has 0 aliphatic carbocycles. The van der Waals surface area contributed by atoms with E-state index >= 15 is 0 Å². The number of nitrogens with one attached hydrogen (secondary N) is 1. The number of hydrazone groups is 1. The van der Waals surface area contributed by atoms with Crippen LogP contribution in [-0.4, -0.2) is 17.2 Å². The second-order valence-electron chi connectivity index (χ2n) is 8.14. The van der Waals surface area contributed by atoms with Gasteiger partial charge in [0.15, 0.2) is 0 Å². The largest absolute Gasteiger partial charge is 0.507 e. The highest BCUT2D eigenvalue weighted by atomic mass is 32.1. The monoisotopic (exact) mass is 358 g/mol. The van der Waals surface area contributed by atoms with E-state index in [1.54, 1.807) is 12.3 Å². The number of thiophene rings is 1. The van der Waals surface area contributed by atoms with Crippen LogP contribution < -0.4 is 5.43 Å². The van der Waals surface area contributed by atoms with Gasteiger partial charge in [-0.25, -0.2) is 5.43 Å². The lowest BCUT2D eigenvalue weighted by Gasteiger charge is -2.27. The van der Waals surface area contributed by atoms with Crippen LogP contribution in [0.5, 0.6) is 5.75 Å². The van der Waals surface area contributed by atoms with E-state index in [2.05, 4.69) is 52.1 Å². The first-order valence-corrected chi connectivity index (χ1v) is 9.13. The van der Waals surface area contributed by atoms with Gasteiger partial charge in [-0.15, -0.1) is 11.3 Å². The molecule has 0 saturated carbocycles. The minimum atomic E-state index is -0.225. The number of phenols is 1. The number of phenolic OH excluding ortho intramolecular Hbond substituents is 1. The molecule has 1 amide bonds. The summed E-state index contributed by atoms with van der Waals surface area (Å²) in [5, 5.41) is 16.6. The van der Waals surface area contributed by atoms with Crippen LogP contribution in [-0.2, 0) is 10.8 Å². The Balaban J connectivity index is 2.34. The number of rotatable bonds is 3. The summed E-state index contributed by atoms with van der Waals surface area (Å²) in [6.45, 7) is 12.4. The lowest BCUT2D eigenvalue weighted by Crippen LogP contribution is -2.18. The quantitative estimate of drug-likeness (QED) is 0.611. The number of nitrogens with zero attached hydrogens (tertiary/aromatic N) is 1. The summed E-state index contributed by atoms with van der Waals surface area (Å²) in [5.41, 5.74) is 4.72. The highest BCUT2D eigenvalue weighted by Gasteiger charge is 2.26. The lowest BCUT2D eigenvalue weighted by atomic mass is 9.78. The summed E-state index contributed by atoms with van der Waals surface area (Å²) in [4.78, 5) is 12.6. The van der Waals surface area contributed by atoms with Crippen LogP contribution in [0.15, 0.2) is 34.7 Å². The van der Waals surface area contributed by atoms with Gasteiger partial charge in [0.25, 0.3) is 5.91 Å². The molecule has 2 aromatic rings. The molecule has 1 aromatic carbocycles. The fourth-order valence-corrected chi connectivity index (χ4v) is 3.12. The molecule has 1 aromatic heterocycles. The highest BCUT2D eigenvalue weighted by molar-refractivity contribution is 7.12. The fraction of sp³-hybridized carbons (Fsp3) is 0.400. The second-order valence-corrected chi connectivity index (χ2v) is 9.09. The first-order valence-electron chi connectivity index (χ1n) is 8.25. The van der Waals surface area contributed by atoms with Crippen LogP contribution in [0.2, 0.25) is 0 Å². The smallest absolute Gasteiger partial charge is 0.281 e. The Bertz CT molecular complexity index is 744. The van der Waals surface area contributed by atoms with E-state index < -0.39 is 0 Å². The minimum absolute atomic E-state index is 0.200. The lowest BCUT2D eigenvalue weighted by molar-refractivity contribution is 0.0959. The summed E-state index contributed by atoms with van der Waals surface area (Å²) in [7, 11) is 0. The van der Waals surface area contributed by atoms with E-state index in [4.69, 9.17) is 0 Å². The molecule has 0 unspecified atom stereocenters. The number of amides is 1. The molecule has 0 aliphatic rings. The molecule has 0 aliphatic heterocycles. The number of hydrogen-bond donors (Lipinski definition) is 2. The average Bonchev–Trinajstić information content (AvgIpc) is 3.00. The van der Waals surface area contributed by atoms with Crippen LogP contribution in [0.4, 0.5) is 0 Å². The molecule has 1 heterocycles. The fourth-order valence-electron chi connectivity index (χ4n) is 2.50. The third-order valence-electron chi connectivity index (χ3n) is 3.87. The number of benzene rings is 1. The Labute approximate surface area is 153 Å². The van der Waals surface area contributed by atoms with Crippen LogP contribution in [0.25, 0.3) is 0 Å². The van der Waals surface area contributed by atoms with Gasteiger partial charge in [0.2, 0.25) is 0 Å². The molecular formula is C20H26N2O2S. The third kappa shape index (κ3) is 4.69. The Morgan fingerprint density at radius 3 is 2.12 bits per heavy atom. The van der Waals surface area contributed by atoms with Gasteiger partial charge in [-0.2, -0.15) is 5.10 Å². The highest BCUT2D eigenvalue weighted by Crippen LogP contribution is 2.39. The van der Waals surface area contributed by atoms with Crippen molar-refractivity contribution < 1.29 is 9.90 Å². The van der Waals surface area contributed by atoms with Crippen LogP contribution in [0.3, 0.4) is 0 Å². The van der Waals surface area contributed by atoms with E-state index in [0.29, 0.717) is 10.6 Å². The molecule has 2 N–H and O–H groups in total. The second kappa shape index (κ2) is 7.00. The molecule has 5 heteroatoms. The van der Waals surface area contributed by atoms with E-state index in [0.717, 1.165) is 16.7 Å². The van der Waals surface area contributed by atoms with Gasteiger partial charge < -0.3 is 5.11 Å². The Morgan fingerprint density at radius 1 is 1.12 bits per heavy atom. The van der Waals surface area contributed by atoms with Crippen molar-refractivity contribution in [3.8, 4) is 5.75 Å². The molecule has 0 fully saturated rings. The van der Waals surface area contributed by atoms with Crippen molar-refractivity contribution in [1.29, 1.82) is 0 Å². The van der Waals surface area contributed by atoms with Crippen LogP contribution in [0.1, 0.15) is 67.9 Å². The standard InChI is InChI=1S/C20H26N2O2S/c1-19(2,3)14-10-13(11-15(17(14)23)20(4,5)6)12-21-22-18(24)16-8-7-9-25-16/h7-12,23H,1-6H3,(H,22,24). The summed E-state index contributed by atoms with van der Waals surface area (Å²) in [6, 6.07) is 7.43. The maximum absolute atomic E-state index is 11.9. The molecule has 0 atom stereocenters. The predicted molar refractivity (Wildman–Crippen MR) is 105 cm³/mol. The first kappa shape index (κ1) is 19.2. The molecule has 0 spiro atoms.